The van der Waals surface area contributed by atoms with E-state index in [1.165, 1.54) is 26.2 Å². The molecule has 0 aliphatic heterocycles. The van der Waals surface area contributed by atoms with E-state index in [1.807, 2.05) is 13.8 Å². The number of hydrogen-bond acceptors (Lipinski definition) is 4. The summed E-state index contributed by atoms with van der Waals surface area (Å²) in [5, 5.41) is 20.6. The molecule has 0 unspecified atom stereocenters. The molecule has 2 radical (unpaired) electrons. The summed E-state index contributed by atoms with van der Waals surface area (Å²) in [6.45, 7) is 11.6. The van der Waals surface area contributed by atoms with Crippen LogP contribution in [0.15, 0.2) is 36.4 Å². The second-order valence-electron chi connectivity index (χ2n) is 7.42. The van der Waals surface area contributed by atoms with Crippen LogP contribution in [0.5, 0.6) is 5.75 Å². The highest BCUT2D eigenvalue weighted by Crippen LogP contribution is 2.30. The number of hydrogen-bond donors (Lipinski definition) is 3. The van der Waals surface area contributed by atoms with Crippen molar-refractivity contribution in [1.82, 2.24) is 0 Å². The van der Waals surface area contributed by atoms with Gasteiger partial charge in [0.15, 0.2) is 0 Å². The molecule has 7 heteroatoms. The Balaban J connectivity index is 0.000000712. The van der Waals surface area contributed by atoms with Gasteiger partial charge in [-0.2, -0.15) is 0 Å². The fourth-order valence-corrected chi connectivity index (χ4v) is 1.98. The highest BCUT2D eigenvalue weighted by molar-refractivity contribution is 6.34. The minimum Gasteiger partial charge on any atom is -0.497 e. The van der Waals surface area contributed by atoms with Gasteiger partial charge < -0.3 is 20.3 Å². The zero-order valence-electron chi connectivity index (χ0n) is 19.1. The minimum absolute atomic E-state index is 0.143. The average Bonchev–Trinajstić information content (AvgIpc) is 2.63. The molecule has 0 atom stereocenters. The van der Waals surface area contributed by atoms with Gasteiger partial charge in [0.05, 0.1) is 24.0 Å². The summed E-state index contributed by atoms with van der Waals surface area (Å²) in [4.78, 5) is 11.0. The van der Waals surface area contributed by atoms with Crippen molar-refractivity contribution in [3.63, 3.8) is 0 Å². The molecular formula is C23H33BFNO4. The van der Waals surface area contributed by atoms with Crippen LogP contribution in [0, 0.1) is 5.82 Å². The first kappa shape index (κ1) is 27.6. The molecular weight excluding hydrogens is 384 g/mol. The molecule has 0 bridgehead atoms. The third-order valence-electron chi connectivity index (χ3n) is 4.34. The molecule has 5 nitrogen and oxygen atoms in total. The largest absolute Gasteiger partial charge is 0.497 e. The third kappa shape index (κ3) is 8.16. The average molecular weight is 417 g/mol. The van der Waals surface area contributed by atoms with Gasteiger partial charge in [0.2, 0.25) is 5.91 Å². The van der Waals surface area contributed by atoms with E-state index in [9.17, 15) is 9.18 Å². The molecule has 0 heterocycles. The lowest BCUT2D eigenvalue weighted by molar-refractivity contribution is -0.114. The molecule has 2 aromatic rings. The Morgan fingerprint density at radius 1 is 1.07 bits per heavy atom. The maximum Gasteiger partial charge on any atom is 0.221 e. The smallest absolute Gasteiger partial charge is 0.221 e. The van der Waals surface area contributed by atoms with Crippen LogP contribution in [0.3, 0.4) is 0 Å². The predicted molar refractivity (Wildman–Crippen MR) is 122 cm³/mol. The molecule has 0 aromatic heterocycles. The van der Waals surface area contributed by atoms with Gasteiger partial charge in [0, 0.05) is 12.5 Å². The first-order valence-corrected chi connectivity index (χ1v) is 9.72. The Morgan fingerprint density at radius 2 is 1.60 bits per heavy atom. The molecule has 3 N–H and O–H groups in total. The molecule has 30 heavy (non-hydrogen) atoms. The lowest BCUT2D eigenvalue weighted by atomic mass is 9.90. The van der Waals surface area contributed by atoms with Crippen LogP contribution in [-0.4, -0.2) is 42.3 Å². The number of carbonyl (C=O) groups excluding carboxylic acids is 1. The van der Waals surface area contributed by atoms with Crippen molar-refractivity contribution in [3.05, 3.63) is 42.2 Å². The Labute approximate surface area is 180 Å². The first-order valence-electron chi connectivity index (χ1n) is 9.72. The summed E-state index contributed by atoms with van der Waals surface area (Å²) in [5.41, 5.74) is -0.0676. The molecule has 0 saturated heterocycles. The SMILES string of the molecule is CC.CC(C)(O)C(C)(C)O.[B]c1cccc(-c2ccc(NC(C)=O)c(F)c2)c1OC. The predicted octanol–water partition coefficient (Wildman–Crippen LogP) is 3.81. The molecule has 0 fully saturated rings. The molecule has 0 aliphatic rings. The minimum atomic E-state index is -1.01. The number of nitrogens with one attached hydrogen (secondary N) is 1. The number of rotatable bonds is 4. The van der Waals surface area contributed by atoms with Gasteiger partial charge in [-0.3, -0.25) is 4.79 Å². The van der Waals surface area contributed by atoms with Gasteiger partial charge in [-0.05, 0) is 45.4 Å². The van der Waals surface area contributed by atoms with E-state index in [1.54, 1.807) is 52.0 Å². The van der Waals surface area contributed by atoms with Crippen LogP contribution in [0.2, 0.25) is 0 Å². The Morgan fingerprint density at radius 3 is 2.00 bits per heavy atom. The first-order chi connectivity index (χ1) is 13.8. The van der Waals surface area contributed by atoms with E-state index >= 15 is 0 Å². The monoisotopic (exact) mass is 417 g/mol. The molecule has 0 aliphatic carbocycles. The van der Waals surface area contributed by atoms with Crippen molar-refractivity contribution in [2.45, 2.75) is 59.7 Å². The van der Waals surface area contributed by atoms with Gasteiger partial charge >= 0.3 is 0 Å². The van der Waals surface area contributed by atoms with Gasteiger partial charge in [-0.25, -0.2) is 4.39 Å². The number of methoxy groups -OCH3 is 1. The highest BCUT2D eigenvalue weighted by atomic mass is 19.1. The highest BCUT2D eigenvalue weighted by Gasteiger charge is 2.31. The third-order valence-corrected chi connectivity index (χ3v) is 4.34. The molecule has 2 rings (SSSR count). The van der Waals surface area contributed by atoms with Crippen LogP contribution in [0.25, 0.3) is 11.1 Å². The molecule has 1 amide bonds. The van der Waals surface area contributed by atoms with Gasteiger partial charge in [0.25, 0.3) is 0 Å². The van der Waals surface area contributed by atoms with Crippen LogP contribution < -0.4 is 15.5 Å². The standard InChI is InChI=1S/C15H13BFNO2.C6H14O2.C2H6/c1-9(19)18-14-7-6-10(8-13(14)17)11-4-3-5-12(16)15(11)20-2;1-5(2,7)6(3,4)8;1-2/h3-8H,1-2H3,(H,18,19);7-8H,1-4H3;1-2H3. The summed E-state index contributed by atoms with van der Waals surface area (Å²) in [6, 6.07) is 9.82. The van der Waals surface area contributed by atoms with Crippen molar-refractivity contribution in [2.75, 3.05) is 12.4 Å². The Hall–Kier alpha value is -2.38. The van der Waals surface area contributed by atoms with Crippen LogP contribution in [0.1, 0.15) is 48.5 Å². The maximum atomic E-state index is 13.9. The second-order valence-corrected chi connectivity index (χ2v) is 7.42. The number of para-hydroxylation sites is 1. The number of aliphatic hydroxyl groups is 2. The summed E-state index contributed by atoms with van der Waals surface area (Å²) >= 11 is 0. The quantitative estimate of drug-likeness (QED) is 0.662. The van der Waals surface area contributed by atoms with E-state index in [0.29, 0.717) is 22.3 Å². The lowest BCUT2D eigenvalue weighted by Crippen LogP contribution is -2.44. The number of anilines is 1. The van der Waals surface area contributed by atoms with Crippen molar-refractivity contribution < 1.29 is 24.1 Å². The van der Waals surface area contributed by atoms with Gasteiger partial charge in [0.1, 0.15) is 19.4 Å². The van der Waals surface area contributed by atoms with Crippen molar-refractivity contribution in [3.8, 4) is 16.9 Å². The number of benzene rings is 2. The zero-order valence-corrected chi connectivity index (χ0v) is 19.1. The van der Waals surface area contributed by atoms with Crippen molar-refractivity contribution in [2.24, 2.45) is 0 Å². The molecule has 0 spiro atoms. The molecule has 164 valence electrons. The number of ether oxygens (including phenoxy) is 1. The fraction of sp³-hybridized carbons (Fsp3) is 0.435. The fourth-order valence-electron chi connectivity index (χ4n) is 1.98. The second kappa shape index (κ2) is 11.7. The van der Waals surface area contributed by atoms with Gasteiger partial charge in [-0.1, -0.05) is 43.6 Å². The summed E-state index contributed by atoms with van der Waals surface area (Å²) in [6.07, 6.45) is 0. The Kier molecular flexibility index (Phi) is 10.8. The zero-order chi connectivity index (χ0) is 23.7. The normalized spacial score (nSPS) is 10.8. The van der Waals surface area contributed by atoms with E-state index in [4.69, 9.17) is 22.8 Å². The van der Waals surface area contributed by atoms with Crippen LogP contribution in [0.4, 0.5) is 10.1 Å². The van der Waals surface area contributed by atoms with Crippen molar-refractivity contribution in [1.29, 1.82) is 0 Å². The topological polar surface area (TPSA) is 78.8 Å². The lowest BCUT2D eigenvalue weighted by Gasteiger charge is -2.31. The van der Waals surface area contributed by atoms with E-state index in [-0.39, 0.29) is 11.6 Å². The molecule has 0 saturated carbocycles. The van der Waals surface area contributed by atoms with E-state index < -0.39 is 17.0 Å². The van der Waals surface area contributed by atoms with Crippen LogP contribution in [-0.2, 0) is 4.79 Å². The maximum absolute atomic E-state index is 13.9. The van der Waals surface area contributed by atoms with Crippen molar-refractivity contribution >= 4 is 24.9 Å². The molecule has 2 aromatic carbocycles. The Bertz CT molecular complexity index is 815. The number of carbonyl (C=O) groups is 1. The van der Waals surface area contributed by atoms with E-state index in [2.05, 4.69) is 5.32 Å². The summed E-state index contributed by atoms with van der Waals surface area (Å²) in [5.74, 6) is -0.334. The van der Waals surface area contributed by atoms with Crippen LogP contribution >= 0.6 is 0 Å². The van der Waals surface area contributed by atoms with E-state index in [0.717, 1.165) is 0 Å². The summed E-state index contributed by atoms with van der Waals surface area (Å²) < 4.78 is 19.2. The van der Waals surface area contributed by atoms with Gasteiger partial charge in [-0.15, -0.1) is 0 Å². The summed E-state index contributed by atoms with van der Waals surface area (Å²) in [7, 11) is 7.34. The number of halogens is 1. The number of amides is 1.